The van der Waals surface area contributed by atoms with E-state index in [0.29, 0.717) is 23.7 Å². The lowest BCUT2D eigenvalue weighted by Gasteiger charge is -2.15. The summed E-state index contributed by atoms with van der Waals surface area (Å²) in [6.07, 6.45) is 0.521. The fourth-order valence-electron chi connectivity index (χ4n) is 2.61. The zero-order valence-corrected chi connectivity index (χ0v) is 14.1. The van der Waals surface area contributed by atoms with E-state index in [4.69, 9.17) is 9.84 Å². The van der Waals surface area contributed by atoms with Gasteiger partial charge in [0, 0.05) is 23.5 Å². The van der Waals surface area contributed by atoms with Crippen molar-refractivity contribution < 1.29 is 18.3 Å². The van der Waals surface area contributed by atoms with Gasteiger partial charge >= 0.3 is 0 Å². The Morgan fingerprint density at radius 3 is 2.65 bits per heavy atom. The molecule has 23 heavy (non-hydrogen) atoms. The molecule has 0 spiro atoms. The average Bonchev–Trinajstić information content (AvgIpc) is 2.80. The predicted octanol–water partition coefficient (Wildman–Crippen LogP) is 3.07. The Morgan fingerprint density at radius 1 is 1.13 bits per heavy atom. The molecule has 2 aromatic carbocycles. The minimum atomic E-state index is -3.28. The van der Waals surface area contributed by atoms with E-state index in [1.807, 2.05) is 30.3 Å². The largest absolute Gasteiger partial charge is 0.493 e. The smallest absolute Gasteiger partial charge is 0.180 e. The number of ether oxygens (including phenoxy) is 1. The first kappa shape index (κ1) is 16.4. The van der Waals surface area contributed by atoms with Gasteiger partial charge in [-0.25, -0.2) is 8.42 Å². The highest BCUT2D eigenvalue weighted by atomic mass is 32.2. The van der Waals surface area contributed by atoms with Crippen LogP contribution in [0.25, 0.3) is 0 Å². The van der Waals surface area contributed by atoms with Crippen molar-refractivity contribution >= 4 is 21.6 Å². The standard InChI is InChI=1S/C17H18O4S2/c18-10-5-11-21-14-8-4-9-16-17(14)15(12-23(16,19)20)22-13-6-2-1-3-7-13/h1-4,6-9,15,18H,5,10-12H2. The van der Waals surface area contributed by atoms with Gasteiger partial charge in [0.15, 0.2) is 9.84 Å². The van der Waals surface area contributed by atoms with E-state index in [0.717, 1.165) is 10.5 Å². The molecule has 0 aliphatic carbocycles. The van der Waals surface area contributed by atoms with Crippen molar-refractivity contribution in [1.82, 2.24) is 0 Å². The second-order valence-electron chi connectivity index (χ2n) is 5.29. The molecule has 1 aliphatic heterocycles. The van der Waals surface area contributed by atoms with Crippen molar-refractivity contribution in [2.24, 2.45) is 0 Å². The Kier molecular flexibility index (Phi) is 4.94. The summed E-state index contributed by atoms with van der Waals surface area (Å²) in [4.78, 5) is 1.40. The second-order valence-corrected chi connectivity index (χ2v) is 8.57. The van der Waals surface area contributed by atoms with Gasteiger partial charge in [-0.05, 0) is 24.3 Å². The molecule has 1 heterocycles. The number of hydrogen-bond acceptors (Lipinski definition) is 5. The third kappa shape index (κ3) is 3.54. The van der Waals surface area contributed by atoms with E-state index in [2.05, 4.69) is 0 Å². The maximum Gasteiger partial charge on any atom is 0.180 e. The lowest BCUT2D eigenvalue weighted by atomic mass is 10.1. The summed E-state index contributed by atoms with van der Waals surface area (Å²) in [7, 11) is -3.28. The monoisotopic (exact) mass is 350 g/mol. The molecule has 0 bridgehead atoms. The average molecular weight is 350 g/mol. The summed E-state index contributed by atoms with van der Waals surface area (Å²) >= 11 is 1.54. The minimum absolute atomic E-state index is 0.0511. The molecule has 1 aliphatic rings. The molecule has 6 heteroatoms. The summed E-state index contributed by atoms with van der Waals surface area (Å²) in [6.45, 7) is 0.422. The van der Waals surface area contributed by atoms with Crippen molar-refractivity contribution in [1.29, 1.82) is 0 Å². The van der Waals surface area contributed by atoms with Crippen LogP contribution < -0.4 is 4.74 Å². The fraction of sp³-hybridized carbons (Fsp3) is 0.294. The van der Waals surface area contributed by atoms with Gasteiger partial charge in [-0.1, -0.05) is 24.3 Å². The molecule has 0 amide bonds. The molecule has 0 saturated heterocycles. The first-order valence-corrected chi connectivity index (χ1v) is 9.96. The highest BCUT2D eigenvalue weighted by Crippen LogP contribution is 2.48. The van der Waals surface area contributed by atoms with E-state index in [-0.39, 0.29) is 17.6 Å². The summed E-state index contributed by atoms with van der Waals surface area (Å²) in [5.74, 6) is 0.688. The van der Waals surface area contributed by atoms with Crippen LogP contribution in [-0.4, -0.2) is 32.5 Å². The highest BCUT2D eigenvalue weighted by Gasteiger charge is 2.37. The van der Waals surface area contributed by atoms with Crippen LogP contribution in [-0.2, 0) is 9.84 Å². The SMILES string of the molecule is O=S1(=O)CC(Sc2ccccc2)c2c(OCCCO)cccc21. The van der Waals surface area contributed by atoms with Crippen LogP contribution >= 0.6 is 11.8 Å². The highest BCUT2D eigenvalue weighted by molar-refractivity contribution is 8.01. The minimum Gasteiger partial charge on any atom is -0.493 e. The van der Waals surface area contributed by atoms with Crippen LogP contribution in [0.2, 0.25) is 0 Å². The molecular formula is C17H18O4S2. The number of aliphatic hydroxyl groups excluding tert-OH is 1. The van der Waals surface area contributed by atoms with Gasteiger partial charge in [-0.3, -0.25) is 0 Å². The Bertz CT molecular complexity index is 772. The number of rotatable bonds is 6. The molecule has 0 fully saturated rings. The summed E-state index contributed by atoms with van der Waals surface area (Å²) in [5, 5.41) is 8.71. The van der Waals surface area contributed by atoms with E-state index < -0.39 is 9.84 Å². The zero-order valence-electron chi connectivity index (χ0n) is 12.5. The van der Waals surface area contributed by atoms with Crippen LogP contribution in [0.4, 0.5) is 0 Å². The van der Waals surface area contributed by atoms with Gasteiger partial charge in [0.1, 0.15) is 5.75 Å². The first-order chi connectivity index (χ1) is 11.1. The van der Waals surface area contributed by atoms with Crippen molar-refractivity contribution in [3.05, 3.63) is 54.1 Å². The lowest BCUT2D eigenvalue weighted by Crippen LogP contribution is -2.03. The summed E-state index contributed by atoms with van der Waals surface area (Å²) < 4.78 is 30.6. The van der Waals surface area contributed by atoms with Crippen molar-refractivity contribution in [2.45, 2.75) is 21.5 Å². The molecule has 3 rings (SSSR count). The molecule has 4 nitrogen and oxygen atoms in total. The Labute approximate surface area is 140 Å². The molecule has 0 saturated carbocycles. The third-order valence-electron chi connectivity index (χ3n) is 3.64. The Balaban J connectivity index is 1.94. The number of thioether (sulfide) groups is 1. The maximum atomic E-state index is 12.4. The van der Waals surface area contributed by atoms with E-state index >= 15 is 0 Å². The number of sulfone groups is 1. The van der Waals surface area contributed by atoms with Crippen LogP contribution in [0.15, 0.2) is 58.3 Å². The molecular weight excluding hydrogens is 332 g/mol. The van der Waals surface area contributed by atoms with Gasteiger partial charge in [0.25, 0.3) is 0 Å². The quantitative estimate of drug-likeness (QED) is 0.811. The fourth-order valence-corrected chi connectivity index (χ4v) is 6.11. The Morgan fingerprint density at radius 2 is 1.91 bits per heavy atom. The first-order valence-electron chi connectivity index (χ1n) is 7.43. The third-order valence-corrected chi connectivity index (χ3v) is 6.88. The number of hydrogen-bond donors (Lipinski definition) is 1. The molecule has 1 N–H and O–H groups in total. The van der Waals surface area contributed by atoms with Gasteiger partial charge in [-0.15, -0.1) is 11.8 Å². The second kappa shape index (κ2) is 6.95. The molecule has 1 atom stereocenters. The van der Waals surface area contributed by atoms with Gasteiger partial charge in [-0.2, -0.15) is 0 Å². The number of fused-ring (bicyclic) bond motifs is 1. The van der Waals surface area contributed by atoms with Crippen LogP contribution in [0.1, 0.15) is 17.2 Å². The molecule has 2 aromatic rings. The van der Waals surface area contributed by atoms with Crippen molar-refractivity contribution in [3.8, 4) is 5.75 Å². The van der Waals surface area contributed by atoms with Gasteiger partial charge in [0.05, 0.1) is 22.5 Å². The van der Waals surface area contributed by atoms with Gasteiger partial charge < -0.3 is 9.84 Å². The number of aliphatic hydroxyl groups is 1. The van der Waals surface area contributed by atoms with Crippen LogP contribution in [0.3, 0.4) is 0 Å². The van der Waals surface area contributed by atoms with Crippen molar-refractivity contribution in [3.63, 3.8) is 0 Å². The predicted molar refractivity (Wildman–Crippen MR) is 90.7 cm³/mol. The van der Waals surface area contributed by atoms with Crippen LogP contribution in [0.5, 0.6) is 5.75 Å². The summed E-state index contributed by atoms with van der Waals surface area (Å²) in [5.41, 5.74) is 0.749. The molecule has 0 radical (unpaired) electrons. The molecule has 0 aromatic heterocycles. The van der Waals surface area contributed by atoms with Crippen molar-refractivity contribution in [2.75, 3.05) is 19.0 Å². The normalized spacial score (nSPS) is 18.6. The number of benzene rings is 2. The van der Waals surface area contributed by atoms with E-state index in [1.54, 1.807) is 30.0 Å². The topological polar surface area (TPSA) is 63.6 Å². The van der Waals surface area contributed by atoms with Gasteiger partial charge in [0.2, 0.25) is 0 Å². The molecule has 122 valence electrons. The van der Waals surface area contributed by atoms with E-state index in [1.165, 1.54) is 0 Å². The van der Waals surface area contributed by atoms with Crippen LogP contribution in [0, 0.1) is 0 Å². The summed E-state index contributed by atoms with van der Waals surface area (Å²) in [6, 6.07) is 14.9. The molecule has 1 unspecified atom stereocenters. The lowest BCUT2D eigenvalue weighted by molar-refractivity contribution is 0.232. The maximum absolute atomic E-state index is 12.4. The van der Waals surface area contributed by atoms with E-state index in [9.17, 15) is 8.42 Å². The Hall–Kier alpha value is -1.50. The zero-order chi connectivity index (χ0) is 16.3.